The van der Waals surface area contributed by atoms with Crippen LogP contribution in [0.4, 0.5) is 0 Å². The van der Waals surface area contributed by atoms with E-state index in [1.54, 1.807) is 6.92 Å². The summed E-state index contributed by atoms with van der Waals surface area (Å²) < 4.78 is 0. The maximum absolute atomic E-state index is 11.6. The van der Waals surface area contributed by atoms with Gasteiger partial charge in [0.25, 0.3) is 0 Å². The second-order valence-corrected chi connectivity index (χ2v) is 4.52. The topological polar surface area (TPSA) is 99.1 Å². The van der Waals surface area contributed by atoms with Gasteiger partial charge in [0.2, 0.25) is 5.91 Å². The molecule has 0 aromatic heterocycles. The van der Waals surface area contributed by atoms with Gasteiger partial charge in [-0.25, -0.2) is 0 Å². The zero-order valence-electron chi connectivity index (χ0n) is 10.9. The number of nitrogens with two attached hydrogens (primary N) is 1. The summed E-state index contributed by atoms with van der Waals surface area (Å²) in [6, 6.07) is 10.2. The monoisotopic (exact) mass is 261 g/mol. The number of benzene rings is 1. The Morgan fingerprint density at radius 3 is 2.63 bits per heavy atom. The molecule has 0 heterocycles. The average Bonchev–Trinajstić information content (AvgIpc) is 2.39. The Hall–Kier alpha value is -1.90. The standard InChI is InChI=1S/C14H19N3O2/c1-10(16)14(19)17-12(13(18)7-8-15)9-11-5-3-2-4-6-11/h2-6,10,12-13,18H,7,9,16H2,1H3,(H,17,19)/t10-,12-,13+/m0/s1. The summed E-state index contributed by atoms with van der Waals surface area (Å²) in [5, 5.41) is 21.3. The van der Waals surface area contributed by atoms with E-state index < -0.39 is 18.2 Å². The fraction of sp³-hybridized carbons (Fsp3) is 0.429. The molecule has 0 aliphatic carbocycles. The number of aliphatic hydroxyl groups is 1. The van der Waals surface area contributed by atoms with Gasteiger partial charge in [-0.2, -0.15) is 5.26 Å². The van der Waals surface area contributed by atoms with Gasteiger partial charge in [-0.1, -0.05) is 30.3 Å². The summed E-state index contributed by atoms with van der Waals surface area (Å²) >= 11 is 0. The number of carbonyl (C=O) groups excluding carboxylic acids is 1. The molecule has 0 unspecified atom stereocenters. The van der Waals surface area contributed by atoms with E-state index in [1.807, 2.05) is 36.4 Å². The van der Waals surface area contributed by atoms with Gasteiger partial charge in [-0.15, -0.1) is 0 Å². The first-order chi connectivity index (χ1) is 9.04. The highest BCUT2D eigenvalue weighted by Crippen LogP contribution is 2.08. The molecule has 3 atom stereocenters. The molecule has 0 saturated carbocycles. The van der Waals surface area contributed by atoms with E-state index in [9.17, 15) is 9.90 Å². The van der Waals surface area contributed by atoms with Gasteiger partial charge in [0, 0.05) is 0 Å². The summed E-state index contributed by atoms with van der Waals surface area (Å²) in [4.78, 5) is 11.6. The van der Waals surface area contributed by atoms with Gasteiger partial charge in [0.1, 0.15) is 0 Å². The molecule has 102 valence electrons. The number of aliphatic hydroxyl groups excluding tert-OH is 1. The van der Waals surface area contributed by atoms with E-state index in [0.717, 1.165) is 5.56 Å². The molecule has 0 spiro atoms. The minimum atomic E-state index is -0.909. The van der Waals surface area contributed by atoms with Crippen LogP contribution in [-0.2, 0) is 11.2 Å². The van der Waals surface area contributed by atoms with Crippen molar-refractivity contribution in [2.75, 3.05) is 0 Å². The van der Waals surface area contributed by atoms with E-state index in [-0.39, 0.29) is 12.3 Å². The van der Waals surface area contributed by atoms with Crippen LogP contribution in [0.2, 0.25) is 0 Å². The normalized spacial score (nSPS) is 15.1. The molecule has 4 N–H and O–H groups in total. The van der Waals surface area contributed by atoms with Crippen LogP contribution in [0.1, 0.15) is 18.9 Å². The number of nitrogens with one attached hydrogen (secondary N) is 1. The van der Waals surface area contributed by atoms with Crippen molar-refractivity contribution in [2.45, 2.75) is 38.0 Å². The van der Waals surface area contributed by atoms with Crippen LogP contribution >= 0.6 is 0 Å². The third kappa shape index (κ3) is 5.08. The summed E-state index contributed by atoms with van der Waals surface area (Å²) in [7, 11) is 0. The molecular formula is C14H19N3O2. The molecule has 1 aromatic carbocycles. The maximum atomic E-state index is 11.6. The highest BCUT2D eigenvalue weighted by molar-refractivity contribution is 5.81. The van der Waals surface area contributed by atoms with Crippen LogP contribution in [0.25, 0.3) is 0 Å². The third-order valence-corrected chi connectivity index (χ3v) is 2.80. The first-order valence-corrected chi connectivity index (χ1v) is 6.19. The molecule has 0 saturated heterocycles. The fourth-order valence-electron chi connectivity index (χ4n) is 1.70. The Kier molecular flexibility index (Phi) is 6.00. The lowest BCUT2D eigenvalue weighted by Gasteiger charge is -2.23. The van der Waals surface area contributed by atoms with Crippen LogP contribution in [0.3, 0.4) is 0 Å². The number of carbonyl (C=O) groups is 1. The first-order valence-electron chi connectivity index (χ1n) is 6.19. The lowest BCUT2D eigenvalue weighted by atomic mass is 9.99. The number of rotatable bonds is 6. The number of amides is 1. The van der Waals surface area contributed by atoms with E-state index >= 15 is 0 Å². The van der Waals surface area contributed by atoms with Gasteiger partial charge in [-0.3, -0.25) is 4.79 Å². The van der Waals surface area contributed by atoms with Crippen molar-refractivity contribution in [2.24, 2.45) is 5.73 Å². The average molecular weight is 261 g/mol. The molecule has 19 heavy (non-hydrogen) atoms. The van der Waals surface area contributed by atoms with Gasteiger partial charge < -0.3 is 16.2 Å². The second-order valence-electron chi connectivity index (χ2n) is 4.52. The number of nitrogens with zero attached hydrogens (tertiary/aromatic N) is 1. The van der Waals surface area contributed by atoms with Crippen molar-refractivity contribution in [1.82, 2.24) is 5.32 Å². The van der Waals surface area contributed by atoms with Crippen LogP contribution in [-0.4, -0.2) is 29.2 Å². The Labute approximate surface area is 113 Å². The molecule has 5 heteroatoms. The Balaban J connectivity index is 2.75. The number of nitriles is 1. The lowest BCUT2D eigenvalue weighted by Crippen LogP contribution is -2.49. The smallest absolute Gasteiger partial charge is 0.236 e. The highest BCUT2D eigenvalue weighted by Gasteiger charge is 2.22. The summed E-state index contributed by atoms with van der Waals surface area (Å²) in [6.45, 7) is 1.57. The number of hydrogen-bond donors (Lipinski definition) is 3. The first kappa shape index (κ1) is 15.2. The predicted octanol–water partition coefficient (Wildman–Crippen LogP) is 0.336. The number of hydrogen-bond acceptors (Lipinski definition) is 4. The molecule has 5 nitrogen and oxygen atoms in total. The molecule has 0 fully saturated rings. The van der Waals surface area contributed by atoms with Crippen molar-refractivity contribution in [3.63, 3.8) is 0 Å². The van der Waals surface area contributed by atoms with Gasteiger partial charge in [0.05, 0.1) is 30.7 Å². The van der Waals surface area contributed by atoms with E-state index in [2.05, 4.69) is 5.32 Å². The summed E-state index contributed by atoms with van der Waals surface area (Å²) in [6.07, 6.45) is -0.480. The SMILES string of the molecule is C[C@H](N)C(=O)N[C@@H](Cc1ccccc1)[C@H](O)CC#N. The zero-order chi connectivity index (χ0) is 14.3. The van der Waals surface area contributed by atoms with Crippen molar-refractivity contribution in [3.05, 3.63) is 35.9 Å². The van der Waals surface area contributed by atoms with Gasteiger partial charge in [0.15, 0.2) is 0 Å². The molecule has 1 aromatic rings. The molecule has 1 amide bonds. The Bertz CT molecular complexity index is 440. The Morgan fingerprint density at radius 2 is 2.11 bits per heavy atom. The van der Waals surface area contributed by atoms with E-state index in [0.29, 0.717) is 6.42 Å². The van der Waals surface area contributed by atoms with Crippen LogP contribution in [0, 0.1) is 11.3 Å². The molecule has 0 radical (unpaired) electrons. The fourth-order valence-corrected chi connectivity index (χ4v) is 1.70. The van der Waals surface area contributed by atoms with Crippen molar-refractivity contribution in [1.29, 1.82) is 5.26 Å². The molecular weight excluding hydrogens is 242 g/mol. The van der Waals surface area contributed by atoms with Crippen LogP contribution < -0.4 is 11.1 Å². The molecule has 1 rings (SSSR count). The van der Waals surface area contributed by atoms with Crippen LogP contribution in [0.15, 0.2) is 30.3 Å². The third-order valence-electron chi connectivity index (χ3n) is 2.80. The van der Waals surface area contributed by atoms with Crippen molar-refractivity contribution < 1.29 is 9.90 Å². The van der Waals surface area contributed by atoms with E-state index in [1.165, 1.54) is 0 Å². The summed E-state index contributed by atoms with van der Waals surface area (Å²) in [5.74, 6) is -0.335. The summed E-state index contributed by atoms with van der Waals surface area (Å²) in [5.41, 5.74) is 6.47. The quantitative estimate of drug-likeness (QED) is 0.687. The van der Waals surface area contributed by atoms with Gasteiger partial charge >= 0.3 is 0 Å². The minimum Gasteiger partial charge on any atom is -0.390 e. The molecule has 0 aliphatic rings. The van der Waals surface area contributed by atoms with E-state index in [4.69, 9.17) is 11.0 Å². The molecule has 0 bridgehead atoms. The highest BCUT2D eigenvalue weighted by atomic mass is 16.3. The van der Waals surface area contributed by atoms with Crippen molar-refractivity contribution >= 4 is 5.91 Å². The Morgan fingerprint density at radius 1 is 1.47 bits per heavy atom. The molecule has 0 aliphatic heterocycles. The maximum Gasteiger partial charge on any atom is 0.236 e. The zero-order valence-corrected chi connectivity index (χ0v) is 10.9. The second kappa shape index (κ2) is 7.52. The van der Waals surface area contributed by atoms with Crippen LogP contribution in [0.5, 0.6) is 0 Å². The predicted molar refractivity (Wildman–Crippen MR) is 72.0 cm³/mol. The minimum absolute atomic E-state index is 0.0310. The van der Waals surface area contributed by atoms with Gasteiger partial charge in [-0.05, 0) is 18.9 Å². The lowest BCUT2D eigenvalue weighted by molar-refractivity contribution is -0.123. The van der Waals surface area contributed by atoms with Crippen molar-refractivity contribution in [3.8, 4) is 6.07 Å². The largest absolute Gasteiger partial charge is 0.390 e.